The number of morpholine rings is 1. The van der Waals surface area contributed by atoms with E-state index in [1.807, 2.05) is 36.4 Å². The lowest BCUT2D eigenvalue weighted by Gasteiger charge is -2.26. The van der Waals surface area contributed by atoms with E-state index in [0.717, 1.165) is 27.8 Å². The van der Waals surface area contributed by atoms with Crippen LogP contribution in [0.25, 0.3) is 17.0 Å². The molecule has 0 bridgehead atoms. The lowest BCUT2D eigenvalue weighted by Crippen LogP contribution is -2.40. The first kappa shape index (κ1) is 26.7. The molecule has 0 aliphatic carbocycles. The summed E-state index contributed by atoms with van der Waals surface area (Å²) in [5.41, 5.74) is 4.78. The van der Waals surface area contributed by atoms with Crippen LogP contribution in [0.1, 0.15) is 29.9 Å². The van der Waals surface area contributed by atoms with Crippen LogP contribution in [0.4, 0.5) is 0 Å². The molecule has 1 fully saturated rings. The zero-order valence-corrected chi connectivity index (χ0v) is 24.0. The Labute approximate surface area is 237 Å². The molecule has 0 unspecified atom stereocenters. The van der Waals surface area contributed by atoms with Gasteiger partial charge < -0.3 is 9.14 Å². The summed E-state index contributed by atoms with van der Waals surface area (Å²) in [5, 5.41) is 9.89. The number of rotatable bonds is 8. The summed E-state index contributed by atoms with van der Waals surface area (Å²) >= 11 is 1.57. The van der Waals surface area contributed by atoms with E-state index >= 15 is 0 Å². The van der Waals surface area contributed by atoms with Crippen molar-refractivity contribution in [3.63, 3.8) is 0 Å². The summed E-state index contributed by atoms with van der Waals surface area (Å²) in [6, 6.07) is 23.1. The van der Waals surface area contributed by atoms with Crippen molar-refractivity contribution in [2.24, 2.45) is 0 Å². The van der Waals surface area contributed by atoms with E-state index in [2.05, 4.69) is 57.4 Å². The van der Waals surface area contributed by atoms with E-state index in [0.29, 0.717) is 43.4 Å². The van der Waals surface area contributed by atoms with Gasteiger partial charge in [0.2, 0.25) is 10.0 Å². The number of fused-ring (bicyclic) bond motifs is 1. The Morgan fingerprint density at radius 1 is 0.975 bits per heavy atom. The summed E-state index contributed by atoms with van der Waals surface area (Å²) in [5.74, 6) is 1.23. The number of benzene rings is 2. The monoisotopic (exact) mass is 574 g/mol. The fraction of sp³-hybridized carbons (Fsp3) is 0.276. The fourth-order valence-electron chi connectivity index (χ4n) is 4.94. The number of nitrogens with zero attached hydrogens (tertiary/aromatic N) is 6. The molecule has 0 spiro atoms. The molecule has 4 heterocycles. The topological polar surface area (TPSA) is 94.6 Å². The Kier molecular flexibility index (Phi) is 7.45. The van der Waals surface area contributed by atoms with Gasteiger partial charge in [-0.15, -0.1) is 10.2 Å². The molecule has 6 rings (SSSR count). The third kappa shape index (κ3) is 5.17. The minimum atomic E-state index is -3.65. The van der Waals surface area contributed by atoms with Gasteiger partial charge in [0.05, 0.1) is 29.8 Å². The maximum Gasteiger partial charge on any atom is 0.243 e. The minimum absolute atomic E-state index is 0.0866. The first-order valence-electron chi connectivity index (χ1n) is 13.2. The molecule has 1 saturated heterocycles. The molecule has 0 saturated carbocycles. The highest BCUT2D eigenvalue weighted by Gasteiger charge is 2.28. The van der Waals surface area contributed by atoms with Crippen LogP contribution in [0.3, 0.4) is 0 Å². The van der Waals surface area contributed by atoms with Crippen LogP contribution in [-0.4, -0.2) is 63.2 Å². The third-order valence-electron chi connectivity index (χ3n) is 7.13. The molecule has 3 aromatic heterocycles. The average molecular weight is 575 g/mol. The third-order valence-corrected chi connectivity index (χ3v) is 10.0. The van der Waals surface area contributed by atoms with Gasteiger partial charge in [0.15, 0.2) is 11.0 Å². The Hall–Kier alpha value is -3.51. The predicted molar refractivity (Wildman–Crippen MR) is 155 cm³/mol. The molecule has 1 aliphatic rings. The fourth-order valence-corrected chi connectivity index (χ4v) is 7.29. The summed E-state index contributed by atoms with van der Waals surface area (Å²) in [4.78, 5) is 5.01. The van der Waals surface area contributed by atoms with Gasteiger partial charge in [0.1, 0.15) is 5.65 Å². The van der Waals surface area contributed by atoms with Gasteiger partial charge >= 0.3 is 0 Å². The summed E-state index contributed by atoms with van der Waals surface area (Å²) in [7, 11) is -3.65. The second kappa shape index (κ2) is 11.2. The first-order chi connectivity index (χ1) is 19.4. The standard InChI is InChI=1S/C29H30N6O3S2/c1-21-8-6-13-27-30-25(19-34(21)27)20-39-29-32-31-28(35(29)22(2)23-9-4-3-5-10-23)24-11-7-12-26(18-24)40(36,37)33-14-16-38-17-15-33/h3-13,18-19,22H,14-17,20H2,1-2H3/t22-/m1/s1. The molecule has 9 nitrogen and oxygen atoms in total. The zero-order valence-electron chi connectivity index (χ0n) is 22.3. The van der Waals surface area contributed by atoms with Crippen molar-refractivity contribution < 1.29 is 13.2 Å². The Bertz CT molecular complexity index is 1740. The Balaban J connectivity index is 1.36. The van der Waals surface area contributed by atoms with E-state index in [4.69, 9.17) is 9.72 Å². The van der Waals surface area contributed by atoms with E-state index in [1.165, 1.54) is 4.31 Å². The number of pyridine rings is 1. The van der Waals surface area contributed by atoms with E-state index in [-0.39, 0.29) is 10.9 Å². The maximum atomic E-state index is 13.4. The molecule has 11 heteroatoms. The number of hydrogen-bond donors (Lipinski definition) is 0. The number of sulfonamides is 1. The van der Waals surface area contributed by atoms with Gasteiger partial charge in [-0.2, -0.15) is 4.31 Å². The quantitative estimate of drug-likeness (QED) is 0.245. The normalized spacial score (nSPS) is 15.4. The summed E-state index contributed by atoms with van der Waals surface area (Å²) in [6.07, 6.45) is 2.06. The van der Waals surface area contributed by atoms with Crippen molar-refractivity contribution in [3.05, 3.63) is 95.9 Å². The lowest BCUT2D eigenvalue weighted by atomic mass is 10.1. The highest BCUT2D eigenvalue weighted by molar-refractivity contribution is 7.98. The lowest BCUT2D eigenvalue weighted by molar-refractivity contribution is 0.0730. The highest BCUT2D eigenvalue weighted by Crippen LogP contribution is 2.33. The van der Waals surface area contributed by atoms with Crippen molar-refractivity contribution in [3.8, 4) is 11.4 Å². The van der Waals surface area contributed by atoms with Crippen molar-refractivity contribution in [1.29, 1.82) is 0 Å². The van der Waals surface area contributed by atoms with E-state index in [9.17, 15) is 8.42 Å². The van der Waals surface area contributed by atoms with Crippen molar-refractivity contribution >= 4 is 27.4 Å². The molecule has 1 aliphatic heterocycles. The molecule has 0 radical (unpaired) electrons. The van der Waals surface area contributed by atoms with Crippen molar-refractivity contribution in [1.82, 2.24) is 28.5 Å². The number of aromatic nitrogens is 5. The van der Waals surface area contributed by atoms with Crippen LogP contribution in [0, 0.1) is 6.92 Å². The van der Waals surface area contributed by atoms with Gasteiger partial charge in [0.25, 0.3) is 0 Å². The summed E-state index contributed by atoms with van der Waals surface area (Å²) in [6.45, 7) is 5.65. The number of aryl methyl sites for hydroxylation is 1. The molecular weight excluding hydrogens is 544 g/mol. The zero-order chi connectivity index (χ0) is 27.7. The largest absolute Gasteiger partial charge is 0.379 e. The molecule has 40 heavy (non-hydrogen) atoms. The van der Waals surface area contributed by atoms with Gasteiger partial charge in [0, 0.05) is 36.3 Å². The predicted octanol–water partition coefficient (Wildman–Crippen LogP) is 4.82. The Morgan fingerprint density at radius 3 is 2.52 bits per heavy atom. The van der Waals surface area contributed by atoms with Crippen LogP contribution < -0.4 is 0 Å². The maximum absolute atomic E-state index is 13.4. The van der Waals surface area contributed by atoms with E-state index < -0.39 is 10.0 Å². The average Bonchev–Trinajstić information content (AvgIpc) is 3.62. The van der Waals surface area contributed by atoms with Crippen LogP contribution in [-0.2, 0) is 20.5 Å². The molecule has 206 valence electrons. The van der Waals surface area contributed by atoms with Crippen LogP contribution in [0.15, 0.2) is 89.0 Å². The van der Waals surface area contributed by atoms with Crippen molar-refractivity contribution in [2.45, 2.75) is 35.7 Å². The van der Waals surface area contributed by atoms with E-state index in [1.54, 1.807) is 30.0 Å². The van der Waals surface area contributed by atoms with Gasteiger partial charge in [-0.25, -0.2) is 13.4 Å². The Morgan fingerprint density at radius 2 is 1.75 bits per heavy atom. The first-order valence-corrected chi connectivity index (χ1v) is 15.6. The summed E-state index contributed by atoms with van der Waals surface area (Å²) < 4.78 is 37.8. The van der Waals surface area contributed by atoms with Gasteiger partial charge in [-0.3, -0.25) is 4.57 Å². The SMILES string of the molecule is Cc1cccc2nc(CSc3nnc(-c4cccc(S(=O)(=O)N5CCOCC5)c4)n3[C@H](C)c3ccccc3)cn12. The van der Waals surface area contributed by atoms with Gasteiger partial charge in [-0.05, 0) is 43.7 Å². The molecule has 1 atom stereocenters. The smallest absolute Gasteiger partial charge is 0.243 e. The highest BCUT2D eigenvalue weighted by atomic mass is 32.2. The molecule has 5 aromatic rings. The second-order valence-electron chi connectivity index (χ2n) is 9.72. The van der Waals surface area contributed by atoms with Gasteiger partial charge in [-0.1, -0.05) is 60.3 Å². The van der Waals surface area contributed by atoms with Crippen molar-refractivity contribution in [2.75, 3.05) is 26.3 Å². The number of thioether (sulfide) groups is 1. The second-order valence-corrected chi connectivity index (χ2v) is 12.6. The van der Waals surface area contributed by atoms with Crippen LogP contribution in [0.5, 0.6) is 0 Å². The molecule has 0 N–H and O–H groups in total. The van der Waals surface area contributed by atoms with Crippen LogP contribution in [0.2, 0.25) is 0 Å². The molecule has 0 amide bonds. The van der Waals surface area contributed by atoms with Crippen LogP contribution >= 0.6 is 11.8 Å². The molecule has 2 aromatic carbocycles. The number of hydrogen-bond acceptors (Lipinski definition) is 7. The number of imidazole rings is 1. The number of ether oxygens (including phenoxy) is 1. The molecular formula is C29H30N6O3S2. The minimum Gasteiger partial charge on any atom is -0.379 e.